The van der Waals surface area contributed by atoms with Gasteiger partial charge in [-0.3, -0.25) is 9.48 Å². The smallest absolute Gasteiger partial charge is 0.268 e. The van der Waals surface area contributed by atoms with E-state index in [0.29, 0.717) is 6.54 Å². The fourth-order valence-electron chi connectivity index (χ4n) is 1.94. The molecule has 0 unspecified atom stereocenters. The standard InChI is InChI=1S/C15H19N3O3S/c1-12(2)22(20,21)17(3)15(19)14-9-16-18(11-14)10-13-7-5-4-6-8-13/h4-9,11-12H,10H2,1-3H3. The van der Waals surface area contributed by atoms with E-state index in [-0.39, 0.29) is 5.56 Å². The lowest BCUT2D eigenvalue weighted by Crippen LogP contribution is -2.37. The van der Waals surface area contributed by atoms with Crippen molar-refractivity contribution in [3.63, 3.8) is 0 Å². The average molecular weight is 321 g/mol. The first-order valence-electron chi connectivity index (χ1n) is 6.91. The van der Waals surface area contributed by atoms with Gasteiger partial charge in [0.15, 0.2) is 0 Å². The molecule has 0 atom stereocenters. The summed E-state index contributed by atoms with van der Waals surface area (Å²) in [5.74, 6) is -0.576. The highest BCUT2D eigenvalue weighted by Gasteiger charge is 2.28. The summed E-state index contributed by atoms with van der Waals surface area (Å²) in [6.07, 6.45) is 2.94. The number of amides is 1. The molecule has 0 spiro atoms. The van der Waals surface area contributed by atoms with Crippen LogP contribution < -0.4 is 0 Å². The zero-order valence-electron chi connectivity index (χ0n) is 12.8. The zero-order chi connectivity index (χ0) is 16.3. The Morgan fingerprint density at radius 3 is 2.50 bits per heavy atom. The maximum Gasteiger partial charge on any atom is 0.270 e. The van der Waals surface area contributed by atoms with Gasteiger partial charge in [0.05, 0.1) is 23.6 Å². The molecule has 1 aromatic heterocycles. The van der Waals surface area contributed by atoms with Crippen LogP contribution in [0.15, 0.2) is 42.7 Å². The first kappa shape index (κ1) is 16.2. The van der Waals surface area contributed by atoms with Gasteiger partial charge in [-0.05, 0) is 19.4 Å². The maximum absolute atomic E-state index is 12.3. The van der Waals surface area contributed by atoms with E-state index >= 15 is 0 Å². The highest BCUT2D eigenvalue weighted by molar-refractivity contribution is 7.90. The van der Waals surface area contributed by atoms with E-state index in [1.807, 2.05) is 30.3 Å². The van der Waals surface area contributed by atoms with E-state index in [2.05, 4.69) is 5.10 Å². The molecule has 7 heteroatoms. The summed E-state index contributed by atoms with van der Waals surface area (Å²) in [6, 6.07) is 9.69. The molecule has 0 radical (unpaired) electrons. The first-order chi connectivity index (χ1) is 10.3. The van der Waals surface area contributed by atoms with Crippen LogP contribution >= 0.6 is 0 Å². The van der Waals surface area contributed by atoms with E-state index < -0.39 is 21.2 Å². The van der Waals surface area contributed by atoms with Crippen molar-refractivity contribution in [2.45, 2.75) is 25.6 Å². The molecule has 2 aromatic rings. The number of carbonyl (C=O) groups is 1. The fourth-order valence-corrected chi connectivity index (χ4v) is 2.91. The Balaban J connectivity index is 2.16. The molecule has 0 aliphatic carbocycles. The molecule has 0 aliphatic heterocycles. The minimum atomic E-state index is -3.63. The Morgan fingerprint density at radius 2 is 1.91 bits per heavy atom. The fraction of sp³-hybridized carbons (Fsp3) is 0.333. The van der Waals surface area contributed by atoms with Crippen LogP contribution in [0.3, 0.4) is 0 Å². The Bertz CT molecular complexity index is 751. The minimum absolute atomic E-state index is 0.252. The molecule has 0 fully saturated rings. The van der Waals surface area contributed by atoms with Gasteiger partial charge in [-0.25, -0.2) is 12.7 Å². The van der Waals surface area contributed by atoms with E-state index in [1.165, 1.54) is 27.1 Å². The molecule has 0 N–H and O–H groups in total. The average Bonchev–Trinajstić information content (AvgIpc) is 2.95. The molecule has 2 rings (SSSR count). The number of nitrogens with zero attached hydrogens (tertiary/aromatic N) is 3. The largest absolute Gasteiger partial charge is 0.270 e. The minimum Gasteiger partial charge on any atom is -0.268 e. The van der Waals surface area contributed by atoms with Crippen molar-refractivity contribution in [1.82, 2.24) is 14.1 Å². The van der Waals surface area contributed by atoms with Gasteiger partial charge in [0.25, 0.3) is 5.91 Å². The van der Waals surface area contributed by atoms with Crippen molar-refractivity contribution in [1.29, 1.82) is 0 Å². The Hall–Kier alpha value is -2.15. The van der Waals surface area contributed by atoms with Gasteiger partial charge in [-0.15, -0.1) is 0 Å². The van der Waals surface area contributed by atoms with Gasteiger partial charge in [0.2, 0.25) is 10.0 Å². The summed E-state index contributed by atoms with van der Waals surface area (Å²) in [6.45, 7) is 3.60. The van der Waals surface area contributed by atoms with Crippen molar-refractivity contribution in [2.24, 2.45) is 0 Å². The van der Waals surface area contributed by atoms with Crippen LogP contribution in [0.4, 0.5) is 0 Å². The third kappa shape index (κ3) is 3.36. The topological polar surface area (TPSA) is 72.3 Å². The number of rotatable bonds is 5. The molecule has 118 valence electrons. The summed E-state index contributed by atoms with van der Waals surface area (Å²) in [7, 11) is -2.36. The number of benzene rings is 1. The van der Waals surface area contributed by atoms with Gasteiger partial charge in [0, 0.05) is 13.2 Å². The second kappa shape index (κ2) is 6.31. The summed E-state index contributed by atoms with van der Waals surface area (Å²) in [5, 5.41) is 3.46. The van der Waals surface area contributed by atoms with Gasteiger partial charge in [-0.2, -0.15) is 5.10 Å². The summed E-state index contributed by atoms with van der Waals surface area (Å²) in [4.78, 5) is 12.3. The van der Waals surface area contributed by atoms with Gasteiger partial charge in [-0.1, -0.05) is 30.3 Å². The predicted octanol–water partition coefficient (Wildman–Crippen LogP) is 1.74. The molecule has 6 nitrogen and oxygen atoms in total. The molecule has 0 saturated heterocycles. The summed E-state index contributed by atoms with van der Waals surface area (Å²) in [5.41, 5.74) is 1.30. The van der Waals surface area contributed by atoms with Crippen molar-refractivity contribution >= 4 is 15.9 Å². The third-order valence-corrected chi connectivity index (χ3v) is 5.45. The molecule has 1 heterocycles. The number of hydrogen-bond donors (Lipinski definition) is 0. The SMILES string of the molecule is CC(C)S(=O)(=O)N(C)C(=O)c1cnn(Cc2ccccc2)c1. The normalized spacial score (nSPS) is 11.6. The molecule has 1 amide bonds. The first-order valence-corrected chi connectivity index (χ1v) is 8.41. The number of sulfonamides is 1. The van der Waals surface area contributed by atoms with E-state index in [4.69, 9.17) is 0 Å². The Kier molecular flexibility index (Phi) is 4.65. The van der Waals surface area contributed by atoms with Crippen LogP contribution in [0.5, 0.6) is 0 Å². The monoisotopic (exact) mass is 321 g/mol. The van der Waals surface area contributed by atoms with Crippen LogP contribution in [0.25, 0.3) is 0 Å². The van der Waals surface area contributed by atoms with Crippen molar-refractivity contribution in [2.75, 3.05) is 7.05 Å². The van der Waals surface area contributed by atoms with E-state index in [1.54, 1.807) is 10.9 Å². The highest BCUT2D eigenvalue weighted by atomic mass is 32.2. The van der Waals surface area contributed by atoms with Crippen molar-refractivity contribution < 1.29 is 13.2 Å². The lowest BCUT2D eigenvalue weighted by molar-refractivity contribution is 0.0882. The van der Waals surface area contributed by atoms with Crippen LogP contribution in [-0.2, 0) is 16.6 Å². The van der Waals surface area contributed by atoms with E-state index in [0.717, 1.165) is 9.87 Å². The van der Waals surface area contributed by atoms with Crippen LogP contribution in [-0.4, -0.2) is 40.7 Å². The third-order valence-electron chi connectivity index (χ3n) is 3.33. The van der Waals surface area contributed by atoms with Crippen LogP contribution in [0.2, 0.25) is 0 Å². The summed E-state index contributed by atoms with van der Waals surface area (Å²) >= 11 is 0. The number of carbonyl (C=O) groups excluding carboxylic acids is 1. The predicted molar refractivity (Wildman–Crippen MR) is 83.9 cm³/mol. The number of aromatic nitrogens is 2. The Labute approximate surface area is 130 Å². The lowest BCUT2D eigenvalue weighted by atomic mass is 10.2. The van der Waals surface area contributed by atoms with Gasteiger partial charge < -0.3 is 0 Å². The molecule has 1 aromatic carbocycles. The second-order valence-corrected chi connectivity index (χ2v) is 7.80. The molecule has 22 heavy (non-hydrogen) atoms. The van der Waals surface area contributed by atoms with Gasteiger partial charge >= 0.3 is 0 Å². The second-order valence-electron chi connectivity index (χ2n) is 5.28. The molecular formula is C15H19N3O3S. The van der Waals surface area contributed by atoms with Crippen molar-refractivity contribution in [3.8, 4) is 0 Å². The quantitative estimate of drug-likeness (QED) is 0.841. The highest BCUT2D eigenvalue weighted by Crippen LogP contribution is 2.12. The molecule has 0 bridgehead atoms. The summed E-state index contributed by atoms with van der Waals surface area (Å²) < 4.78 is 26.4. The Morgan fingerprint density at radius 1 is 1.27 bits per heavy atom. The van der Waals surface area contributed by atoms with Crippen LogP contribution in [0.1, 0.15) is 29.8 Å². The van der Waals surface area contributed by atoms with Gasteiger partial charge in [0.1, 0.15) is 0 Å². The van der Waals surface area contributed by atoms with Crippen LogP contribution in [0, 0.1) is 0 Å². The molecule has 0 aliphatic rings. The van der Waals surface area contributed by atoms with Crippen molar-refractivity contribution in [3.05, 3.63) is 53.9 Å². The molecular weight excluding hydrogens is 302 g/mol. The zero-order valence-corrected chi connectivity index (χ0v) is 13.6. The number of hydrogen-bond acceptors (Lipinski definition) is 4. The maximum atomic E-state index is 12.3. The lowest BCUT2D eigenvalue weighted by Gasteiger charge is -2.19. The molecule has 0 saturated carbocycles. The van der Waals surface area contributed by atoms with E-state index in [9.17, 15) is 13.2 Å².